The summed E-state index contributed by atoms with van der Waals surface area (Å²) in [7, 11) is 0. The van der Waals surface area contributed by atoms with E-state index in [1.807, 2.05) is 16.7 Å². The van der Waals surface area contributed by atoms with Gasteiger partial charge in [-0.1, -0.05) is 19.1 Å². The number of hydrogen-bond acceptors (Lipinski definition) is 5. The van der Waals surface area contributed by atoms with E-state index in [1.54, 1.807) is 17.0 Å². The molecule has 0 saturated carbocycles. The fraction of sp³-hybridized carbons (Fsp3) is 0.591. The summed E-state index contributed by atoms with van der Waals surface area (Å²) >= 11 is 0. The molecule has 2 amide bonds. The third kappa shape index (κ3) is 3.57. The Morgan fingerprint density at radius 1 is 1.37 bits per heavy atom. The number of amides is 2. The van der Waals surface area contributed by atoms with Crippen molar-refractivity contribution in [3.8, 4) is 6.07 Å². The van der Waals surface area contributed by atoms with Crippen molar-refractivity contribution in [3.05, 3.63) is 35.6 Å². The van der Waals surface area contributed by atoms with Crippen molar-refractivity contribution in [2.45, 2.75) is 62.8 Å². The molecule has 3 saturated heterocycles. The van der Waals surface area contributed by atoms with Gasteiger partial charge in [0.05, 0.1) is 24.2 Å². The van der Waals surface area contributed by atoms with E-state index < -0.39 is 12.1 Å². The van der Waals surface area contributed by atoms with Crippen molar-refractivity contribution in [3.63, 3.8) is 0 Å². The van der Waals surface area contributed by atoms with E-state index in [0.29, 0.717) is 26.1 Å². The molecule has 3 heterocycles. The maximum Gasteiger partial charge on any atom is 0.241 e. The van der Waals surface area contributed by atoms with Crippen LogP contribution < -0.4 is 5.73 Å². The van der Waals surface area contributed by atoms with Crippen LogP contribution in [0.25, 0.3) is 0 Å². The molecule has 3 aliphatic heterocycles. The van der Waals surface area contributed by atoms with Gasteiger partial charge < -0.3 is 15.5 Å². The van der Waals surface area contributed by atoms with Gasteiger partial charge in [0.25, 0.3) is 0 Å². The van der Waals surface area contributed by atoms with E-state index in [2.05, 4.69) is 6.07 Å². The van der Waals surface area contributed by atoms with Crippen LogP contribution in [0, 0.1) is 17.1 Å². The number of benzene rings is 1. The molecule has 2 N–H and O–H groups in total. The molecule has 7 nitrogen and oxygen atoms in total. The summed E-state index contributed by atoms with van der Waals surface area (Å²) in [6, 6.07) is 7.12. The van der Waals surface area contributed by atoms with Crippen LogP contribution in [0.2, 0.25) is 0 Å². The number of nitrogens with two attached hydrogens (primary N) is 1. The van der Waals surface area contributed by atoms with Crippen molar-refractivity contribution < 1.29 is 14.0 Å². The second-order valence-corrected chi connectivity index (χ2v) is 8.51. The first kappa shape index (κ1) is 20.8. The van der Waals surface area contributed by atoms with Crippen molar-refractivity contribution in [2.75, 3.05) is 19.6 Å². The Bertz CT molecular complexity index is 854. The van der Waals surface area contributed by atoms with Crippen LogP contribution in [-0.2, 0) is 9.59 Å². The minimum absolute atomic E-state index is 0.0538. The van der Waals surface area contributed by atoms with E-state index in [9.17, 15) is 19.2 Å². The topological polar surface area (TPSA) is 93.7 Å². The van der Waals surface area contributed by atoms with E-state index in [4.69, 9.17) is 5.73 Å². The summed E-state index contributed by atoms with van der Waals surface area (Å²) in [5.41, 5.74) is 7.13. The lowest BCUT2D eigenvalue weighted by Gasteiger charge is -2.39. The Morgan fingerprint density at radius 2 is 2.10 bits per heavy atom. The predicted molar refractivity (Wildman–Crippen MR) is 108 cm³/mol. The van der Waals surface area contributed by atoms with Gasteiger partial charge >= 0.3 is 0 Å². The lowest BCUT2D eigenvalue weighted by Crippen LogP contribution is -2.56. The minimum Gasteiger partial charge on any atom is -0.330 e. The number of carbonyl (C=O) groups excluding carboxylic acids is 2. The SMILES string of the molecule is CC[C@@H](c1ccc(F)cc1)N1C(=O)[C@@H]2CC1CN2CC(N)C(=O)N1CCCC1C#N. The number of rotatable bonds is 6. The molecule has 30 heavy (non-hydrogen) atoms. The van der Waals surface area contributed by atoms with Crippen LogP contribution in [-0.4, -0.2) is 70.3 Å². The van der Waals surface area contributed by atoms with Crippen LogP contribution in [0.4, 0.5) is 4.39 Å². The maximum absolute atomic E-state index is 13.3. The van der Waals surface area contributed by atoms with Gasteiger partial charge in [0.1, 0.15) is 11.9 Å². The fourth-order valence-corrected chi connectivity index (χ4v) is 5.29. The highest BCUT2D eigenvalue weighted by molar-refractivity contribution is 5.87. The average molecular weight is 413 g/mol. The van der Waals surface area contributed by atoms with E-state index in [1.165, 1.54) is 12.1 Å². The quantitative estimate of drug-likeness (QED) is 0.761. The number of fused-ring (bicyclic) bond motifs is 2. The lowest BCUT2D eigenvalue weighted by atomic mass is 10.0. The highest BCUT2D eigenvalue weighted by Gasteiger charge is 2.52. The van der Waals surface area contributed by atoms with Gasteiger partial charge in [-0.25, -0.2) is 4.39 Å². The van der Waals surface area contributed by atoms with E-state index in [-0.39, 0.29) is 35.8 Å². The molecular formula is C22H28FN5O2. The monoisotopic (exact) mass is 413 g/mol. The zero-order valence-electron chi connectivity index (χ0n) is 17.2. The third-order valence-electron chi connectivity index (χ3n) is 6.72. The molecule has 0 spiro atoms. The molecule has 4 rings (SSSR count). The third-order valence-corrected chi connectivity index (χ3v) is 6.72. The van der Waals surface area contributed by atoms with Crippen LogP contribution in [0.15, 0.2) is 24.3 Å². The average Bonchev–Trinajstić information content (AvgIpc) is 3.45. The summed E-state index contributed by atoms with van der Waals surface area (Å²) in [5, 5.41) is 9.22. The number of likely N-dealkylation sites (tertiary alicyclic amines) is 3. The van der Waals surface area contributed by atoms with E-state index in [0.717, 1.165) is 24.8 Å². The van der Waals surface area contributed by atoms with Gasteiger partial charge in [0.15, 0.2) is 0 Å². The van der Waals surface area contributed by atoms with Crippen LogP contribution in [0.3, 0.4) is 0 Å². The van der Waals surface area contributed by atoms with Crippen LogP contribution in [0.1, 0.15) is 44.2 Å². The second kappa shape index (κ2) is 8.32. The molecule has 0 aliphatic carbocycles. The van der Waals surface area contributed by atoms with Crippen molar-refractivity contribution in [1.29, 1.82) is 5.26 Å². The Labute approximate surface area is 176 Å². The van der Waals surface area contributed by atoms with Gasteiger partial charge in [-0.15, -0.1) is 0 Å². The molecule has 1 aromatic rings. The van der Waals surface area contributed by atoms with Crippen molar-refractivity contribution >= 4 is 11.8 Å². The largest absolute Gasteiger partial charge is 0.330 e. The number of piperazine rings is 1. The van der Waals surface area contributed by atoms with Gasteiger partial charge in [-0.05, 0) is 43.4 Å². The molecule has 1 aromatic carbocycles. The van der Waals surface area contributed by atoms with Crippen LogP contribution in [0.5, 0.6) is 0 Å². The molecule has 3 aliphatic rings. The molecule has 0 radical (unpaired) electrons. The normalized spacial score (nSPS) is 28.1. The maximum atomic E-state index is 13.3. The van der Waals surface area contributed by atoms with Gasteiger partial charge in [-0.3, -0.25) is 14.5 Å². The molecule has 5 atom stereocenters. The molecule has 0 aromatic heterocycles. The summed E-state index contributed by atoms with van der Waals surface area (Å²) in [6.45, 7) is 3.60. The Morgan fingerprint density at radius 3 is 2.73 bits per heavy atom. The molecule has 160 valence electrons. The predicted octanol–water partition coefficient (Wildman–Crippen LogP) is 1.40. The summed E-state index contributed by atoms with van der Waals surface area (Å²) < 4.78 is 13.3. The second-order valence-electron chi connectivity index (χ2n) is 8.51. The van der Waals surface area contributed by atoms with Crippen molar-refractivity contribution in [2.24, 2.45) is 5.73 Å². The molecule has 3 unspecified atom stereocenters. The smallest absolute Gasteiger partial charge is 0.241 e. The number of carbonyl (C=O) groups is 2. The minimum atomic E-state index is -0.737. The standard InChI is InChI=1S/C22H28FN5O2/c1-2-19(14-5-7-15(23)8-6-14)28-17-10-20(22(28)30)26(12-17)13-18(25)21(29)27-9-3-4-16(27)11-24/h5-8,16-20H,2-4,9-10,12-13,25H2,1H3/t16?,17?,18?,19-,20-/m0/s1. The highest BCUT2D eigenvalue weighted by atomic mass is 19.1. The first-order valence-corrected chi connectivity index (χ1v) is 10.7. The first-order valence-electron chi connectivity index (χ1n) is 10.7. The lowest BCUT2D eigenvalue weighted by molar-refractivity contribution is -0.141. The summed E-state index contributed by atoms with van der Waals surface area (Å²) in [6.07, 6.45) is 2.99. The summed E-state index contributed by atoms with van der Waals surface area (Å²) in [4.78, 5) is 31.4. The van der Waals surface area contributed by atoms with Gasteiger partial charge in [-0.2, -0.15) is 5.26 Å². The van der Waals surface area contributed by atoms with Crippen LogP contribution >= 0.6 is 0 Å². The van der Waals surface area contributed by atoms with Crippen molar-refractivity contribution in [1.82, 2.24) is 14.7 Å². The highest BCUT2D eigenvalue weighted by Crippen LogP contribution is 2.39. The number of nitriles is 1. The van der Waals surface area contributed by atoms with E-state index >= 15 is 0 Å². The number of nitrogens with zero attached hydrogens (tertiary/aromatic N) is 4. The molecule has 3 fully saturated rings. The Balaban J connectivity index is 1.41. The Kier molecular flexibility index (Phi) is 5.76. The zero-order chi connectivity index (χ0) is 21.4. The molecule has 8 heteroatoms. The summed E-state index contributed by atoms with van der Waals surface area (Å²) in [5.74, 6) is -0.439. The molecule has 2 bridgehead atoms. The fourth-order valence-electron chi connectivity index (χ4n) is 5.29. The number of halogens is 1. The zero-order valence-corrected chi connectivity index (χ0v) is 17.2. The first-order chi connectivity index (χ1) is 14.4. The Hall–Kier alpha value is -2.50. The van der Waals surface area contributed by atoms with Gasteiger partial charge in [0, 0.05) is 25.7 Å². The number of hydrogen-bond donors (Lipinski definition) is 1. The van der Waals surface area contributed by atoms with Gasteiger partial charge in [0.2, 0.25) is 11.8 Å². The molecular weight excluding hydrogens is 385 g/mol.